The van der Waals surface area contributed by atoms with Crippen LogP contribution in [-0.2, 0) is 6.42 Å². The van der Waals surface area contributed by atoms with E-state index in [1.54, 1.807) is 0 Å². The average molecular weight is 405 g/mol. The van der Waals surface area contributed by atoms with Crippen LogP contribution in [0.3, 0.4) is 0 Å². The molecule has 0 saturated carbocycles. The van der Waals surface area contributed by atoms with E-state index < -0.39 is 0 Å². The van der Waals surface area contributed by atoms with Crippen molar-refractivity contribution >= 4 is 55.6 Å². The average Bonchev–Trinajstić information content (AvgIpc) is 2.04. The Morgan fingerprint density at radius 3 is 2.62 bits per heavy atom. The maximum Gasteiger partial charge on any atom is 0.136 e. The Morgan fingerprint density at radius 1 is 1.46 bits per heavy atom. The van der Waals surface area contributed by atoms with Crippen molar-refractivity contribution in [1.29, 1.82) is 0 Å². The zero-order valence-electron chi connectivity index (χ0n) is 7.41. The van der Waals surface area contributed by atoms with Crippen LogP contribution in [0.15, 0.2) is 29.2 Å². The van der Waals surface area contributed by atoms with Crippen molar-refractivity contribution in [3.05, 3.63) is 29.8 Å². The summed E-state index contributed by atoms with van der Waals surface area (Å²) in [5.74, 6) is 0. The fourth-order valence-electron chi connectivity index (χ4n) is 1.00. The summed E-state index contributed by atoms with van der Waals surface area (Å²) in [6, 6.07) is 8.17. The number of thiocarbonyl (C=S) groups is 1. The molecule has 0 atom stereocenters. The van der Waals surface area contributed by atoms with Crippen LogP contribution in [-0.4, -0.2) is 31.6 Å². The monoisotopic (exact) mass is 405 g/mol. The Morgan fingerprint density at radius 2 is 2.08 bits per heavy atom. The molecule has 2 N–H and O–H groups in total. The molecule has 0 aliphatic carbocycles. The maximum atomic E-state index is 5.44. The number of hydrogen-bond acceptors (Lipinski definition) is 2. The molecular formula is C9H11NPbS2. The van der Waals surface area contributed by atoms with Gasteiger partial charge in [0.1, 0.15) is 4.32 Å². The van der Waals surface area contributed by atoms with Gasteiger partial charge in [0.05, 0.1) is 0 Å². The Labute approximate surface area is 109 Å². The Kier molecular flexibility index (Phi) is 6.98. The summed E-state index contributed by atoms with van der Waals surface area (Å²) in [6.07, 6.45) is 1.02. The van der Waals surface area contributed by atoms with E-state index in [-0.39, 0.29) is 27.3 Å². The van der Waals surface area contributed by atoms with Crippen molar-refractivity contribution in [2.75, 3.05) is 0 Å². The molecule has 1 aromatic rings. The molecule has 0 bridgehead atoms. The quantitative estimate of drug-likeness (QED) is 0.465. The predicted octanol–water partition coefficient (Wildman–Crippen LogP) is 2.20. The molecule has 0 spiro atoms. The fourth-order valence-corrected chi connectivity index (χ4v) is 1.98. The minimum Gasteiger partial charge on any atom is -0.384 e. The van der Waals surface area contributed by atoms with Crippen molar-refractivity contribution in [1.82, 2.24) is 0 Å². The van der Waals surface area contributed by atoms with Crippen LogP contribution in [0, 0.1) is 0 Å². The van der Waals surface area contributed by atoms with Gasteiger partial charge in [-0.2, -0.15) is 0 Å². The number of aryl methyl sites for hydroxylation is 1. The molecule has 0 fully saturated rings. The fraction of sp³-hybridized carbons (Fsp3) is 0.222. The van der Waals surface area contributed by atoms with Crippen molar-refractivity contribution in [2.24, 2.45) is 5.73 Å². The molecule has 4 heteroatoms. The molecule has 0 aromatic heterocycles. The van der Waals surface area contributed by atoms with Crippen molar-refractivity contribution in [2.45, 2.75) is 18.2 Å². The van der Waals surface area contributed by atoms with Crippen LogP contribution >= 0.6 is 24.0 Å². The number of benzene rings is 1. The second-order valence-electron chi connectivity index (χ2n) is 2.38. The first-order valence-corrected chi connectivity index (χ1v) is 5.01. The summed E-state index contributed by atoms with van der Waals surface area (Å²) in [5.41, 5.74) is 6.74. The van der Waals surface area contributed by atoms with Gasteiger partial charge in [-0.1, -0.05) is 49.1 Å². The van der Waals surface area contributed by atoms with Gasteiger partial charge in [0.2, 0.25) is 0 Å². The molecule has 68 valence electrons. The topological polar surface area (TPSA) is 26.0 Å². The van der Waals surface area contributed by atoms with E-state index in [9.17, 15) is 0 Å². The molecule has 13 heavy (non-hydrogen) atoms. The van der Waals surface area contributed by atoms with Crippen molar-refractivity contribution in [3.8, 4) is 0 Å². The van der Waals surface area contributed by atoms with Gasteiger partial charge >= 0.3 is 0 Å². The number of rotatable bonds is 2. The molecule has 0 heterocycles. The minimum absolute atomic E-state index is 0. The van der Waals surface area contributed by atoms with E-state index in [2.05, 4.69) is 13.0 Å². The Bertz CT molecular complexity index is 289. The van der Waals surface area contributed by atoms with E-state index in [0.717, 1.165) is 6.42 Å². The predicted molar refractivity (Wildman–Crippen MR) is 64.2 cm³/mol. The van der Waals surface area contributed by atoms with Gasteiger partial charge < -0.3 is 5.73 Å². The van der Waals surface area contributed by atoms with Gasteiger partial charge in [0.15, 0.2) is 0 Å². The van der Waals surface area contributed by atoms with Gasteiger partial charge in [-0.05, 0) is 18.1 Å². The van der Waals surface area contributed by atoms with Crippen LogP contribution in [0.25, 0.3) is 0 Å². The molecule has 0 aliphatic heterocycles. The van der Waals surface area contributed by atoms with Crippen LogP contribution in [0.2, 0.25) is 0 Å². The summed E-state index contributed by atoms with van der Waals surface area (Å²) in [4.78, 5) is 1.17. The molecule has 1 rings (SSSR count). The first kappa shape index (κ1) is 13.4. The molecular weight excluding hydrogens is 393 g/mol. The zero-order valence-corrected chi connectivity index (χ0v) is 12.9. The van der Waals surface area contributed by atoms with Crippen LogP contribution in [0.5, 0.6) is 0 Å². The van der Waals surface area contributed by atoms with Gasteiger partial charge in [0, 0.05) is 32.2 Å². The first-order valence-electron chi connectivity index (χ1n) is 3.79. The van der Waals surface area contributed by atoms with Gasteiger partial charge in [-0.25, -0.2) is 0 Å². The van der Waals surface area contributed by atoms with E-state index in [0.29, 0.717) is 4.32 Å². The first-order chi connectivity index (χ1) is 5.74. The molecule has 0 unspecified atom stereocenters. The van der Waals surface area contributed by atoms with E-state index >= 15 is 0 Å². The van der Waals surface area contributed by atoms with Crippen LogP contribution in [0.4, 0.5) is 0 Å². The van der Waals surface area contributed by atoms with Gasteiger partial charge in [0.25, 0.3) is 0 Å². The number of thioether (sulfide) groups is 1. The maximum absolute atomic E-state index is 5.44. The Hall–Kier alpha value is 0.382. The summed E-state index contributed by atoms with van der Waals surface area (Å²) < 4.78 is 0.482. The smallest absolute Gasteiger partial charge is 0.136 e. The van der Waals surface area contributed by atoms with E-state index in [1.807, 2.05) is 18.2 Å². The zero-order chi connectivity index (χ0) is 8.97. The summed E-state index contributed by atoms with van der Waals surface area (Å²) >= 11 is 6.28. The Balaban J connectivity index is 0.00000144. The molecule has 0 amide bonds. The van der Waals surface area contributed by atoms with Gasteiger partial charge in [-0.3, -0.25) is 0 Å². The number of hydrogen-bond donors (Lipinski definition) is 1. The van der Waals surface area contributed by atoms with E-state index in [1.165, 1.54) is 22.2 Å². The van der Waals surface area contributed by atoms with Crippen LogP contribution < -0.4 is 5.73 Å². The largest absolute Gasteiger partial charge is 0.384 e. The standard InChI is InChI=1S/C9H11NS2.Pb/c1-2-7-5-3-4-6-8(7)12-9(10)11;/h3-6H,2H2,1H3,(H2,10,11);. The second kappa shape index (κ2) is 6.78. The minimum atomic E-state index is 0. The van der Waals surface area contributed by atoms with Crippen molar-refractivity contribution in [3.63, 3.8) is 0 Å². The van der Waals surface area contributed by atoms with Crippen molar-refractivity contribution < 1.29 is 0 Å². The third-order valence-corrected chi connectivity index (χ3v) is 2.63. The third-order valence-electron chi connectivity index (χ3n) is 1.56. The van der Waals surface area contributed by atoms with Gasteiger partial charge in [-0.15, -0.1) is 0 Å². The van der Waals surface area contributed by atoms with Crippen LogP contribution in [0.1, 0.15) is 12.5 Å². The second-order valence-corrected chi connectivity index (χ2v) is 4.16. The van der Waals surface area contributed by atoms with E-state index in [4.69, 9.17) is 18.0 Å². The molecule has 1 nitrogen and oxygen atoms in total. The third kappa shape index (κ3) is 4.42. The SMILES string of the molecule is CCc1ccccc1SC(N)=S.[Pb]. The molecule has 4 radical (unpaired) electrons. The molecule has 0 aliphatic rings. The summed E-state index contributed by atoms with van der Waals surface area (Å²) in [6.45, 7) is 2.12. The summed E-state index contributed by atoms with van der Waals surface area (Å²) in [5, 5.41) is 0. The number of nitrogens with two attached hydrogens (primary N) is 1. The summed E-state index contributed by atoms with van der Waals surface area (Å²) in [7, 11) is 0. The molecule has 0 saturated heterocycles. The molecule has 1 aromatic carbocycles. The normalized spacial score (nSPS) is 9.00.